The molecule has 0 amide bonds. The summed E-state index contributed by atoms with van der Waals surface area (Å²) in [5.41, 5.74) is 0.235. The highest BCUT2D eigenvalue weighted by atomic mass is 127. The number of ether oxygens (including phenoxy) is 4. The average Bonchev–Trinajstić information content (AvgIpc) is 3.13. The Hall–Kier alpha value is -0.850. The second kappa shape index (κ2) is 6.83. The first-order valence-corrected chi connectivity index (χ1v) is 11.6. The van der Waals surface area contributed by atoms with Crippen molar-refractivity contribution in [1.82, 2.24) is 0 Å². The molecule has 3 heterocycles. The molecule has 29 heavy (non-hydrogen) atoms. The van der Waals surface area contributed by atoms with Gasteiger partial charge in [0.05, 0.1) is 6.42 Å². The Balaban J connectivity index is 1.52. The minimum Gasteiger partial charge on any atom is -0.454 e. The topological polar surface area (TPSA) is 125 Å². The molecule has 14 heteroatoms. The highest BCUT2D eigenvalue weighted by Crippen LogP contribution is 2.49. The van der Waals surface area contributed by atoms with Gasteiger partial charge in [0.15, 0.2) is 0 Å². The maximum absolute atomic E-state index is 13.4. The van der Waals surface area contributed by atoms with Crippen LogP contribution in [-0.4, -0.2) is 54.3 Å². The van der Waals surface area contributed by atoms with Crippen LogP contribution in [0, 0.1) is 7.14 Å². The van der Waals surface area contributed by atoms with E-state index < -0.39 is 51.4 Å². The zero-order valence-electron chi connectivity index (χ0n) is 13.9. The van der Waals surface area contributed by atoms with E-state index in [2.05, 4.69) is 49.9 Å². The number of hydrogen-bond acceptors (Lipinski definition) is 8. The van der Waals surface area contributed by atoms with Crippen molar-refractivity contribution >= 4 is 67.2 Å². The van der Waals surface area contributed by atoms with Crippen LogP contribution in [0.2, 0.25) is 0 Å². The number of carbonyl (C=O) groups is 2. The lowest BCUT2D eigenvalue weighted by atomic mass is 9.90. The molecule has 3 aliphatic heterocycles. The fourth-order valence-electron chi connectivity index (χ4n) is 3.43. The second-order valence-electron chi connectivity index (χ2n) is 6.60. The van der Waals surface area contributed by atoms with Gasteiger partial charge < -0.3 is 18.9 Å². The molecule has 4 unspecified atom stereocenters. The summed E-state index contributed by atoms with van der Waals surface area (Å²) in [5.74, 6) is -4.26. The smallest absolute Gasteiger partial charge is 0.454 e. The summed E-state index contributed by atoms with van der Waals surface area (Å²) in [6.07, 6.45) is -3.37. The van der Waals surface area contributed by atoms with Crippen molar-refractivity contribution in [3.63, 3.8) is 0 Å². The Labute approximate surface area is 189 Å². The van der Waals surface area contributed by atoms with Crippen LogP contribution in [0.1, 0.15) is 23.2 Å². The lowest BCUT2D eigenvalue weighted by molar-refractivity contribution is -0.191. The monoisotopic (exact) mass is 658 g/mol. The quantitative estimate of drug-likeness (QED) is 0.296. The molecule has 4 rings (SSSR count). The molecule has 1 N–H and O–H groups in total. The van der Waals surface area contributed by atoms with Gasteiger partial charge in [0.2, 0.25) is 0 Å². The molecular weight excluding hydrogens is 648 g/mol. The van der Waals surface area contributed by atoms with Gasteiger partial charge in [-0.15, -0.1) is 0 Å². The largest absolute Gasteiger partial charge is 0.465 e. The number of benzene rings is 1. The average molecular weight is 658 g/mol. The molecule has 0 aromatic heterocycles. The SMILES string of the molecule is O=C1OC2(CC3OC2CC3OC(=O)C(F)(F)S(=O)(=O)O)Oc2cc(I)c(I)cc21. The zero-order chi connectivity index (χ0) is 21.4. The lowest BCUT2D eigenvalue weighted by Crippen LogP contribution is -2.54. The number of carbonyl (C=O) groups excluding carboxylic acids is 2. The van der Waals surface area contributed by atoms with Crippen LogP contribution in [0.5, 0.6) is 5.75 Å². The summed E-state index contributed by atoms with van der Waals surface area (Å²) in [6.45, 7) is 0. The van der Waals surface area contributed by atoms with E-state index in [1.165, 1.54) is 0 Å². The summed E-state index contributed by atoms with van der Waals surface area (Å²) in [5, 5.41) is -5.10. The van der Waals surface area contributed by atoms with Crippen LogP contribution < -0.4 is 4.74 Å². The fourth-order valence-corrected chi connectivity index (χ4v) is 4.60. The first kappa shape index (κ1) is 21.4. The van der Waals surface area contributed by atoms with Crippen LogP contribution in [0.3, 0.4) is 0 Å². The predicted molar refractivity (Wildman–Crippen MR) is 105 cm³/mol. The van der Waals surface area contributed by atoms with Crippen molar-refractivity contribution in [1.29, 1.82) is 0 Å². The standard InChI is InChI=1S/C15H10F2I2O9S/c16-15(17,29(22,23)24)13(21)26-9-3-11-14(4-10(9)25-11)27-8-2-7(19)6(18)1-5(8)12(20)28-14/h1-2,9-11H,3-4H2,(H,22,23,24). The fraction of sp³-hybridized carbons (Fsp3) is 0.467. The zero-order valence-corrected chi connectivity index (χ0v) is 19.1. The summed E-state index contributed by atoms with van der Waals surface area (Å²) >= 11 is 4.13. The third kappa shape index (κ3) is 3.39. The summed E-state index contributed by atoms with van der Waals surface area (Å²) in [6, 6.07) is 3.28. The molecule has 2 saturated heterocycles. The summed E-state index contributed by atoms with van der Waals surface area (Å²) in [7, 11) is -5.98. The van der Waals surface area contributed by atoms with Gasteiger partial charge in [-0.2, -0.15) is 17.2 Å². The molecule has 2 bridgehead atoms. The summed E-state index contributed by atoms with van der Waals surface area (Å²) in [4.78, 5) is 24.0. The molecule has 0 radical (unpaired) electrons. The van der Waals surface area contributed by atoms with Crippen LogP contribution in [-0.2, 0) is 29.1 Å². The molecule has 0 aliphatic carbocycles. The predicted octanol–water partition coefficient (Wildman–Crippen LogP) is 2.09. The van der Waals surface area contributed by atoms with Crippen molar-refractivity contribution in [3.8, 4) is 5.75 Å². The first-order chi connectivity index (χ1) is 13.3. The van der Waals surface area contributed by atoms with E-state index >= 15 is 0 Å². The molecule has 158 valence electrons. The summed E-state index contributed by atoms with van der Waals surface area (Å²) < 4.78 is 79.8. The third-order valence-electron chi connectivity index (χ3n) is 4.79. The van der Waals surface area contributed by atoms with E-state index in [0.717, 1.165) is 7.14 Å². The maximum atomic E-state index is 13.4. The second-order valence-corrected chi connectivity index (χ2v) is 10.4. The Morgan fingerprint density at radius 3 is 2.52 bits per heavy atom. The highest BCUT2D eigenvalue weighted by Gasteiger charge is 2.65. The minimum absolute atomic E-state index is 0.110. The van der Waals surface area contributed by atoms with Crippen LogP contribution in [0.25, 0.3) is 0 Å². The number of hydrogen-bond donors (Lipinski definition) is 1. The third-order valence-corrected chi connectivity index (χ3v) is 8.42. The van der Waals surface area contributed by atoms with E-state index in [1.807, 2.05) is 0 Å². The van der Waals surface area contributed by atoms with E-state index in [0.29, 0.717) is 0 Å². The highest BCUT2D eigenvalue weighted by molar-refractivity contribution is 14.1. The van der Waals surface area contributed by atoms with Crippen LogP contribution >= 0.6 is 45.2 Å². The molecule has 3 aliphatic rings. The molecule has 9 nitrogen and oxygen atoms in total. The van der Waals surface area contributed by atoms with Gasteiger partial charge in [-0.05, 0) is 57.3 Å². The molecule has 0 saturated carbocycles. The first-order valence-electron chi connectivity index (χ1n) is 7.97. The Bertz CT molecular complexity index is 1030. The molecule has 1 aromatic carbocycles. The van der Waals surface area contributed by atoms with Crippen molar-refractivity contribution in [3.05, 3.63) is 24.8 Å². The van der Waals surface area contributed by atoms with E-state index in [4.69, 9.17) is 18.8 Å². The molecular formula is C15H10F2I2O9S. The molecule has 1 spiro atoms. The van der Waals surface area contributed by atoms with E-state index in [-0.39, 0.29) is 24.2 Å². The Morgan fingerprint density at radius 2 is 1.93 bits per heavy atom. The normalized spacial score (nSPS) is 30.7. The number of halogens is 4. The van der Waals surface area contributed by atoms with Crippen molar-refractivity contribution in [2.45, 2.75) is 42.2 Å². The van der Waals surface area contributed by atoms with Crippen LogP contribution in [0.4, 0.5) is 8.78 Å². The number of esters is 2. The minimum atomic E-state index is -5.98. The van der Waals surface area contributed by atoms with Crippen molar-refractivity contribution in [2.75, 3.05) is 0 Å². The molecule has 2 fully saturated rings. The Kier molecular flexibility index (Phi) is 5.03. The van der Waals surface area contributed by atoms with Gasteiger partial charge in [-0.3, -0.25) is 4.55 Å². The maximum Gasteiger partial charge on any atom is 0.465 e. The van der Waals surface area contributed by atoms with Gasteiger partial charge in [0.25, 0.3) is 5.79 Å². The van der Waals surface area contributed by atoms with Crippen molar-refractivity contribution < 1.29 is 50.3 Å². The van der Waals surface area contributed by atoms with Gasteiger partial charge in [-0.1, -0.05) is 0 Å². The van der Waals surface area contributed by atoms with Gasteiger partial charge in [-0.25, -0.2) is 9.59 Å². The van der Waals surface area contributed by atoms with Gasteiger partial charge in [0, 0.05) is 13.6 Å². The number of fused-ring (bicyclic) bond motifs is 4. The van der Waals surface area contributed by atoms with Crippen LogP contribution in [0.15, 0.2) is 12.1 Å². The van der Waals surface area contributed by atoms with E-state index in [9.17, 15) is 26.8 Å². The molecule has 1 aromatic rings. The van der Waals surface area contributed by atoms with Gasteiger partial charge in [0.1, 0.15) is 29.6 Å². The van der Waals surface area contributed by atoms with Gasteiger partial charge >= 0.3 is 27.3 Å². The molecule has 4 atom stereocenters. The number of alkyl halides is 2. The van der Waals surface area contributed by atoms with Crippen molar-refractivity contribution in [2.24, 2.45) is 0 Å². The lowest BCUT2D eigenvalue weighted by Gasteiger charge is -2.39. The van der Waals surface area contributed by atoms with E-state index in [1.54, 1.807) is 12.1 Å². The Morgan fingerprint density at radius 1 is 1.28 bits per heavy atom. The number of rotatable bonds is 3.